The van der Waals surface area contributed by atoms with Crippen molar-refractivity contribution in [1.29, 1.82) is 0 Å². The Kier molecular flexibility index (Phi) is 3.60. The number of rotatable bonds is 2. The van der Waals surface area contributed by atoms with Gasteiger partial charge in [0.25, 0.3) is 0 Å². The Balaban J connectivity index is 1.72. The number of benzene rings is 2. The molecule has 0 heterocycles. The molecule has 21 heavy (non-hydrogen) atoms. The average molecular weight is 284 g/mol. The zero-order valence-electron chi connectivity index (χ0n) is 11.6. The Hall–Kier alpha value is -2.36. The van der Waals surface area contributed by atoms with E-state index in [1.54, 1.807) is 6.07 Å². The lowest BCUT2D eigenvalue weighted by molar-refractivity contribution is -0.120. The summed E-state index contributed by atoms with van der Waals surface area (Å²) < 4.78 is 13.3. The molecular weight excluding hydrogens is 267 g/mol. The van der Waals surface area contributed by atoms with Gasteiger partial charge in [0.15, 0.2) is 0 Å². The molecule has 2 aromatic carbocycles. The van der Waals surface area contributed by atoms with E-state index in [9.17, 15) is 9.18 Å². The topological polar surface area (TPSA) is 55.1 Å². The summed E-state index contributed by atoms with van der Waals surface area (Å²) in [5.74, 6) is -0.599. The molecule has 0 spiro atoms. The summed E-state index contributed by atoms with van der Waals surface area (Å²) in [7, 11) is 0. The fourth-order valence-corrected chi connectivity index (χ4v) is 2.85. The first-order chi connectivity index (χ1) is 10.1. The second-order valence-electron chi connectivity index (χ2n) is 5.47. The van der Waals surface area contributed by atoms with Crippen LogP contribution in [0.15, 0.2) is 42.5 Å². The van der Waals surface area contributed by atoms with Crippen molar-refractivity contribution in [2.45, 2.75) is 19.3 Å². The highest BCUT2D eigenvalue weighted by Gasteiger charge is 2.24. The minimum Gasteiger partial charge on any atom is -0.399 e. The number of halogens is 1. The third-order valence-corrected chi connectivity index (χ3v) is 3.91. The second kappa shape index (κ2) is 5.56. The molecule has 1 aliphatic rings. The molecule has 0 radical (unpaired) electrons. The molecule has 108 valence electrons. The first kappa shape index (κ1) is 13.6. The molecule has 3 nitrogen and oxygen atoms in total. The monoisotopic (exact) mass is 284 g/mol. The average Bonchev–Trinajstić information content (AvgIpc) is 2.45. The van der Waals surface area contributed by atoms with Crippen molar-refractivity contribution in [1.82, 2.24) is 0 Å². The van der Waals surface area contributed by atoms with Gasteiger partial charge >= 0.3 is 0 Å². The summed E-state index contributed by atoms with van der Waals surface area (Å²) in [6.45, 7) is 0. The Morgan fingerprint density at radius 2 is 1.95 bits per heavy atom. The van der Waals surface area contributed by atoms with Crippen molar-refractivity contribution in [2.24, 2.45) is 5.92 Å². The number of amides is 1. The summed E-state index contributed by atoms with van der Waals surface area (Å²) in [5.41, 5.74) is 8.84. The molecule has 0 saturated carbocycles. The summed E-state index contributed by atoms with van der Waals surface area (Å²) in [6, 6.07) is 12.3. The number of nitrogens with one attached hydrogen (secondary N) is 1. The molecular formula is C17H17FN2O. The molecule has 0 saturated heterocycles. The predicted octanol–water partition coefficient (Wildman–Crippen LogP) is 3.15. The van der Waals surface area contributed by atoms with E-state index < -0.39 is 5.82 Å². The van der Waals surface area contributed by atoms with Gasteiger partial charge < -0.3 is 11.1 Å². The smallest absolute Gasteiger partial charge is 0.227 e. The number of carbonyl (C=O) groups is 1. The van der Waals surface area contributed by atoms with Crippen LogP contribution < -0.4 is 11.1 Å². The molecule has 4 heteroatoms. The molecule has 2 aromatic rings. The molecule has 0 aromatic heterocycles. The first-order valence-electron chi connectivity index (χ1n) is 7.05. The van der Waals surface area contributed by atoms with Crippen LogP contribution in [0, 0.1) is 11.7 Å². The number of nitrogen functional groups attached to an aromatic ring is 1. The SMILES string of the molecule is Nc1cc(F)cc(NC(=O)C2CCc3ccccc3C2)c1. The van der Waals surface area contributed by atoms with E-state index in [1.165, 1.54) is 23.3 Å². The van der Waals surface area contributed by atoms with Crippen LogP contribution in [-0.2, 0) is 17.6 Å². The molecule has 1 aliphatic carbocycles. The van der Waals surface area contributed by atoms with Crippen LogP contribution in [0.3, 0.4) is 0 Å². The zero-order chi connectivity index (χ0) is 14.8. The van der Waals surface area contributed by atoms with Crippen LogP contribution in [0.2, 0.25) is 0 Å². The molecule has 1 amide bonds. The van der Waals surface area contributed by atoms with Crippen LogP contribution >= 0.6 is 0 Å². The van der Waals surface area contributed by atoms with Gasteiger partial charge in [-0.25, -0.2) is 4.39 Å². The molecule has 0 bridgehead atoms. The van der Waals surface area contributed by atoms with E-state index in [-0.39, 0.29) is 11.8 Å². The highest BCUT2D eigenvalue weighted by molar-refractivity contribution is 5.93. The van der Waals surface area contributed by atoms with Gasteiger partial charge in [0.1, 0.15) is 5.82 Å². The standard InChI is InChI=1S/C17H17FN2O/c18-14-8-15(19)10-16(9-14)20-17(21)13-6-5-11-3-1-2-4-12(11)7-13/h1-4,8-10,13H,5-7,19H2,(H,20,21). The van der Waals surface area contributed by atoms with E-state index >= 15 is 0 Å². The van der Waals surface area contributed by atoms with Crippen LogP contribution in [0.1, 0.15) is 17.5 Å². The Morgan fingerprint density at radius 1 is 1.19 bits per heavy atom. The lowest BCUT2D eigenvalue weighted by Gasteiger charge is -2.23. The molecule has 3 N–H and O–H groups in total. The maximum Gasteiger partial charge on any atom is 0.227 e. The lowest BCUT2D eigenvalue weighted by atomic mass is 9.83. The van der Waals surface area contributed by atoms with Crippen molar-refractivity contribution < 1.29 is 9.18 Å². The van der Waals surface area contributed by atoms with Gasteiger partial charge in [0.2, 0.25) is 5.91 Å². The van der Waals surface area contributed by atoms with E-state index in [0.717, 1.165) is 19.3 Å². The normalized spacial score (nSPS) is 17.1. The van der Waals surface area contributed by atoms with Gasteiger partial charge in [-0.05, 0) is 48.6 Å². The van der Waals surface area contributed by atoms with Crippen molar-refractivity contribution in [3.63, 3.8) is 0 Å². The Morgan fingerprint density at radius 3 is 2.71 bits per heavy atom. The van der Waals surface area contributed by atoms with Crippen LogP contribution in [0.25, 0.3) is 0 Å². The predicted molar refractivity (Wildman–Crippen MR) is 81.4 cm³/mol. The largest absolute Gasteiger partial charge is 0.399 e. The van der Waals surface area contributed by atoms with Crippen molar-refractivity contribution in [2.75, 3.05) is 11.1 Å². The van der Waals surface area contributed by atoms with Crippen molar-refractivity contribution in [3.05, 3.63) is 59.4 Å². The number of aryl methyl sites for hydroxylation is 1. The molecule has 0 fully saturated rings. The fraction of sp³-hybridized carbons (Fsp3) is 0.235. The van der Waals surface area contributed by atoms with Gasteiger partial charge in [-0.2, -0.15) is 0 Å². The number of hydrogen-bond donors (Lipinski definition) is 2. The maximum absolute atomic E-state index is 13.3. The number of anilines is 2. The van der Waals surface area contributed by atoms with Crippen molar-refractivity contribution in [3.8, 4) is 0 Å². The van der Waals surface area contributed by atoms with E-state index in [2.05, 4.69) is 17.4 Å². The number of fused-ring (bicyclic) bond motifs is 1. The maximum atomic E-state index is 13.3. The van der Waals surface area contributed by atoms with E-state index in [4.69, 9.17) is 5.73 Å². The summed E-state index contributed by atoms with van der Waals surface area (Å²) in [5, 5.41) is 2.77. The summed E-state index contributed by atoms with van der Waals surface area (Å²) in [6.07, 6.45) is 2.44. The minimum absolute atomic E-state index is 0.0745. The minimum atomic E-state index is -0.445. The number of hydrogen-bond acceptors (Lipinski definition) is 2. The zero-order valence-corrected chi connectivity index (χ0v) is 11.6. The summed E-state index contributed by atoms with van der Waals surface area (Å²) >= 11 is 0. The van der Waals surface area contributed by atoms with E-state index in [0.29, 0.717) is 11.4 Å². The highest BCUT2D eigenvalue weighted by atomic mass is 19.1. The highest BCUT2D eigenvalue weighted by Crippen LogP contribution is 2.26. The van der Waals surface area contributed by atoms with Crippen LogP contribution in [0.4, 0.5) is 15.8 Å². The Bertz CT molecular complexity index is 664. The number of nitrogens with two attached hydrogens (primary N) is 1. The van der Waals surface area contributed by atoms with E-state index in [1.807, 2.05) is 12.1 Å². The van der Waals surface area contributed by atoms with Gasteiger partial charge in [-0.3, -0.25) is 4.79 Å². The molecule has 3 rings (SSSR count). The third kappa shape index (κ3) is 3.05. The number of carbonyl (C=O) groups excluding carboxylic acids is 1. The molecule has 1 unspecified atom stereocenters. The van der Waals surface area contributed by atoms with Gasteiger partial charge in [0, 0.05) is 17.3 Å². The van der Waals surface area contributed by atoms with Crippen LogP contribution in [0.5, 0.6) is 0 Å². The lowest BCUT2D eigenvalue weighted by Crippen LogP contribution is -2.28. The summed E-state index contributed by atoms with van der Waals surface area (Å²) in [4.78, 5) is 12.3. The molecule has 1 atom stereocenters. The first-order valence-corrected chi connectivity index (χ1v) is 7.05. The van der Waals surface area contributed by atoms with Crippen LogP contribution in [-0.4, -0.2) is 5.91 Å². The van der Waals surface area contributed by atoms with Gasteiger partial charge in [-0.15, -0.1) is 0 Å². The van der Waals surface area contributed by atoms with Gasteiger partial charge in [0.05, 0.1) is 0 Å². The third-order valence-electron chi connectivity index (χ3n) is 3.91. The van der Waals surface area contributed by atoms with Gasteiger partial charge in [-0.1, -0.05) is 24.3 Å². The quantitative estimate of drug-likeness (QED) is 0.832. The fourth-order valence-electron chi connectivity index (χ4n) is 2.85. The molecule has 0 aliphatic heterocycles. The van der Waals surface area contributed by atoms with Crippen molar-refractivity contribution >= 4 is 17.3 Å². The Labute approximate surface area is 123 Å². The second-order valence-corrected chi connectivity index (χ2v) is 5.47.